The summed E-state index contributed by atoms with van der Waals surface area (Å²) in [5.41, 5.74) is 0.912. The molecule has 4 rings (SSSR count). The summed E-state index contributed by atoms with van der Waals surface area (Å²) in [4.78, 5) is 40.7. The van der Waals surface area contributed by atoms with Gasteiger partial charge in [0, 0.05) is 26.2 Å². The Kier molecular flexibility index (Phi) is 6.99. The van der Waals surface area contributed by atoms with Crippen LogP contribution in [0.15, 0.2) is 41.8 Å². The number of amides is 3. The number of nitrogens with one attached hydrogen (secondary N) is 2. The van der Waals surface area contributed by atoms with Crippen LogP contribution in [0.3, 0.4) is 0 Å². The van der Waals surface area contributed by atoms with Crippen molar-refractivity contribution in [1.29, 1.82) is 0 Å². The largest absolute Gasteiger partial charge is 0.376 e. The molecule has 31 heavy (non-hydrogen) atoms. The van der Waals surface area contributed by atoms with Gasteiger partial charge >= 0.3 is 0 Å². The van der Waals surface area contributed by atoms with E-state index in [1.807, 2.05) is 17.5 Å². The zero-order valence-corrected chi connectivity index (χ0v) is 18.2. The van der Waals surface area contributed by atoms with E-state index in [1.54, 1.807) is 29.2 Å². The fraction of sp³-hybridized carbons (Fsp3) is 0.435. The van der Waals surface area contributed by atoms with E-state index in [1.165, 1.54) is 11.3 Å². The SMILES string of the molecule is O=C(NCC1CCCO1)c1ccccc1NC(=O)C1CCCN(C(=O)c2cccs2)C1. The number of nitrogens with zero attached hydrogens (tertiary/aromatic N) is 1. The maximum atomic E-state index is 13.0. The van der Waals surface area contributed by atoms with Crippen LogP contribution in [0.4, 0.5) is 5.69 Å². The lowest BCUT2D eigenvalue weighted by Gasteiger charge is -2.32. The summed E-state index contributed by atoms with van der Waals surface area (Å²) in [6.45, 7) is 2.24. The third kappa shape index (κ3) is 5.32. The number of likely N-dealkylation sites (tertiary alicyclic amines) is 1. The van der Waals surface area contributed by atoms with Gasteiger partial charge in [0.1, 0.15) is 0 Å². The zero-order valence-electron chi connectivity index (χ0n) is 17.3. The lowest BCUT2D eigenvalue weighted by Crippen LogP contribution is -2.43. The number of rotatable bonds is 6. The molecule has 2 aliphatic rings. The quantitative estimate of drug-likeness (QED) is 0.721. The topological polar surface area (TPSA) is 87.7 Å². The maximum Gasteiger partial charge on any atom is 0.263 e. The molecule has 164 valence electrons. The van der Waals surface area contributed by atoms with E-state index < -0.39 is 0 Å². The van der Waals surface area contributed by atoms with Crippen LogP contribution < -0.4 is 10.6 Å². The molecule has 1 aromatic heterocycles. The van der Waals surface area contributed by atoms with E-state index >= 15 is 0 Å². The van der Waals surface area contributed by atoms with E-state index in [-0.39, 0.29) is 29.7 Å². The predicted octanol–water partition coefficient (Wildman–Crippen LogP) is 3.15. The van der Waals surface area contributed by atoms with Crippen molar-refractivity contribution in [1.82, 2.24) is 10.2 Å². The van der Waals surface area contributed by atoms with Gasteiger partial charge in [0.2, 0.25) is 5.91 Å². The van der Waals surface area contributed by atoms with Crippen molar-refractivity contribution in [3.8, 4) is 0 Å². The second-order valence-corrected chi connectivity index (χ2v) is 8.90. The van der Waals surface area contributed by atoms with Crippen LogP contribution in [0, 0.1) is 5.92 Å². The third-order valence-electron chi connectivity index (χ3n) is 5.76. The number of para-hydroxylation sites is 1. The number of carbonyl (C=O) groups excluding carboxylic acids is 3. The van der Waals surface area contributed by atoms with E-state index in [4.69, 9.17) is 4.74 Å². The van der Waals surface area contributed by atoms with Crippen LogP contribution in [0.5, 0.6) is 0 Å². The Hall–Kier alpha value is -2.71. The molecule has 0 aliphatic carbocycles. The molecule has 0 saturated carbocycles. The molecular formula is C23H27N3O4S. The molecule has 2 saturated heterocycles. The van der Waals surface area contributed by atoms with Crippen molar-refractivity contribution in [2.45, 2.75) is 31.8 Å². The van der Waals surface area contributed by atoms with Crippen molar-refractivity contribution >= 4 is 34.7 Å². The zero-order chi connectivity index (χ0) is 21.6. The molecule has 0 spiro atoms. The lowest BCUT2D eigenvalue weighted by molar-refractivity contribution is -0.121. The Morgan fingerprint density at radius 3 is 2.74 bits per heavy atom. The standard InChI is InChI=1S/C23H27N3O4S/c27-21(16-6-3-11-26(15-16)23(29)20-10-5-13-31-20)25-19-9-2-1-8-18(19)22(28)24-14-17-7-4-12-30-17/h1-2,5,8-10,13,16-17H,3-4,6-7,11-12,14-15H2,(H,24,28)(H,25,27). The van der Waals surface area contributed by atoms with Gasteiger partial charge in [0.05, 0.1) is 28.1 Å². The smallest absolute Gasteiger partial charge is 0.263 e. The first kappa shape index (κ1) is 21.5. The summed E-state index contributed by atoms with van der Waals surface area (Å²) >= 11 is 1.41. The Morgan fingerprint density at radius 2 is 1.97 bits per heavy atom. The molecule has 3 heterocycles. The molecule has 8 heteroatoms. The Balaban J connectivity index is 1.37. The molecular weight excluding hydrogens is 414 g/mol. The molecule has 2 unspecified atom stereocenters. The van der Waals surface area contributed by atoms with Crippen molar-refractivity contribution < 1.29 is 19.1 Å². The van der Waals surface area contributed by atoms with Crippen molar-refractivity contribution in [3.63, 3.8) is 0 Å². The average Bonchev–Trinajstić information content (AvgIpc) is 3.52. The molecule has 0 radical (unpaired) electrons. The second kappa shape index (κ2) is 10.1. The van der Waals surface area contributed by atoms with Gasteiger partial charge in [0.25, 0.3) is 11.8 Å². The molecule has 3 amide bonds. The number of benzene rings is 1. The number of carbonyl (C=O) groups is 3. The molecule has 2 aliphatic heterocycles. The number of thiophene rings is 1. The number of piperidine rings is 1. The van der Waals surface area contributed by atoms with Gasteiger partial charge in [-0.2, -0.15) is 0 Å². The van der Waals surface area contributed by atoms with E-state index in [2.05, 4.69) is 10.6 Å². The molecule has 2 fully saturated rings. The Labute approximate surface area is 185 Å². The van der Waals surface area contributed by atoms with E-state index in [0.29, 0.717) is 42.2 Å². The van der Waals surface area contributed by atoms with Crippen LogP contribution in [0.25, 0.3) is 0 Å². The van der Waals surface area contributed by atoms with Gasteiger partial charge in [-0.3, -0.25) is 14.4 Å². The summed E-state index contributed by atoms with van der Waals surface area (Å²) < 4.78 is 5.55. The van der Waals surface area contributed by atoms with E-state index in [0.717, 1.165) is 25.9 Å². The van der Waals surface area contributed by atoms with Crippen LogP contribution in [-0.4, -0.2) is 55.0 Å². The van der Waals surface area contributed by atoms with Gasteiger partial charge in [-0.25, -0.2) is 0 Å². The minimum atomic E-state index is -0.305. The fourth-order valence-electron chi connectivity index (χ4n) is 4.06. The molecule has 2 atom stereocenters. The summed E-state index contributed by atoms with van der Waals surface area (Å²) in [5, 5.41) is 7.70. The third-order valence-corrected chi connectivity index (χ3v) is 6.61. The summed E-state index contributed by atoms with van der Waals surface area (Å²) in [6, 6.07) is 10.7. The molecule has 2 aromatic rings. The summed E-state index contributed by atoms with van der Waals surface area (Å²) in [7, 11) is 0. The monoisotopic (exact) mass is 441 g/mol. The first-order valence-corrected chi connectivity index (χ1v) is 11.6. The normalized spacial score (nSPS) is 21.0. The molecule has 0 bridgehead atoms. The number of ether oxygens (including phenoxy) is 1. The van der Waals surface area contributed by atoms with Crippen molar-refractivity contribution in [2.24, 2.45) is 5.92 Å². The minimum absolute atomic E-state index is 0.0265. The van der Waals surface area contributed by atoms with Crippen molar-refractivity contribution in [2.75, 3.05) is 31.6 Å². The van der Waals surface area contributed by atoms with Crippen LogP contribution in [-0.2, 0) is 9.53 Å². The highest BCUT2D eigenvalue weighted by atomic mass is 32.1. The number of hydrogen-bond acceptors (Lipinski definition) is 5. The van der Waals surface area contributed by atoms with Gasteiger partial charge < -0.3 is 20.3 Å². The predicted molar refractivity (Wildman–Crippen MR) is 119 cm³/mol. The van der Waals surface area contributed by atoms with Gasteiger partial charge in [-0.1, -0.05) is 18.2 Å². The average molecular weight is 442 g/mol. The van der Waals surface area contributed by atoms with Crippen LogP contribution in [0.2, 0.25) is 0 Å². The summed E-state index contributed by atoms with van der Waals surface area (Å²) in [5.74, 6) is -0.727. The highest BCUT2D eigenvalue weighted by Crippen LogP contribution is 2.23. The number of anilines is 1. The molecule has 1 aromatic carbocycles. The van der Waals surface area contributed by atoms with Gasteiger partial charge in [-0.05, 0) is 49.3 Å². The maximum absolute atomic E-state index is 13.0. The lowest BCUT2D eigenvalue weighted by atomic mass is 9.96. The van der Waals surface area contributed by atoms with Crippen molar-refractivity contribution in [3.05, 3.63) is 52.2 Å². The minimum Gasteiger partial charge on any atom is -0.376 e. The highest BCUT2D eigenvalue weighted by Gasteiger charge is 2.30. The van der Waals surface area contributed by atoms with Gasteiger partial charge in [0.15, 0.2) is 0 Å². The molecule has 7 nitrogen and oxygen atoms in total. The molecule has 2 N–H and O–H groups in total. The summed E-state index contributed by atoms with van der Waals surface area (Å²) in [6.07, 6.45) is 3.51. The Bertz CT molecular complexity index is 925. The first-order chi connectivity index (χ1) is 15.1. The highest BCUT2D eigenvalue weighted by molar-refractivity contribution is 7.12. The van der Waals surface area contributed by atoms with Crippen LogP contribution in [0.1, 0.15) is 45.7 Å². The van der Waals surface area contributed by atoms with Crippen LogP contribution >= 0.6 is 11.3 Å². The fourth-order valence-corrected chi connectivity index (χ4v) is 4.75. The van der Waals surface area contributed by atoms with E-state index in [9.17, 15) is 14.4 Å². The first-order valence-electron chi connectivity index (χ1n) is 10.7. The Morgan fingerprint density at radius 1 is 1.10 bits per heavy atom. The number of hydrogen-bond donors (Lipinski definition) is 2. The van der Waals surface area contributed by atoms with Gasteiger partial charge in [-0.15, -0.1) is 11.3 Å². The second-order valence-electron chi connectivity index (χ2n) is 7.95.